The fourth-order valence-corrected chi connectivity index (χ4v) is 2.80. The minimum absolute atomic E-state index is 0.0333. The maximum atomic E-state index is 11.8. The number of hydrogen-bond acceptors (Lipinski definition) is 6. The SMILES string of the molecule is CCOC(=O)c1sc(N(CCC(=O)O)C(C)C)nc1C. The first kappa shape index (κ1) is 16.4. The van der Waals surface area contributed by atoms with Crippen LogP contribution in [0.5, 0.6) is 0 Å². The number of aliphatic carboxylic acids is 1. The summed E-state index contributed by atoms with van der Waals surface area (Å²) in [7, 11) is 0. The second-order valence-electron chi connectivity index (χ2n) is 4.56. The molecule has 1 aromatic rings. The van der Waals surface area contributed by atoms with Crippen molar-refractivity contribution in [1.82, 2.24) is 4.98 Å². The van der Waals surface area contributed by atoms with Crippen molar-refractivity contribution in [2.45, 2.75) is 40.2 Å². The van der Waals surface area contributed by atoms with Gasteiger partial charge in [0.15, 0.2) is 5.13 Å². The number of ether oxygens (including phenoxy) is 1. The molecule has 1 N–H and O–H groups in total. The summed E-state index contributed by atoms with van der Waals surface area (Å²) in [6.45, 7) is 8.11. The molecule has 0 amide bonds. The molecule has 0 atom stereocenters. The van der Waals surface area contributed by atoms with Crippen LogP contribution < -0.4 is 4.90 Å². The molecule has 0 aromatic carbocycles. The molecule has 20 heavy (non-hydrogen) atoms. The highest BCUT2D eigenvalue weighted by molar-refractivity contribution is 7.17. The summed E-state index contributed by atoms with van der Waals surface area (Å²) in [6.07, 6.45) is 0.0333. The number of rotatable bonds is 7. The smallest absolute Gasteiger partial charge is 0.350 e. The number of anilines is 1. The number of carboxylic acids is 1. The number of hydrogen-bond donors (Lipinski definition) is 1. The molecule has 0 bridgehead atoms. The van der Waals surface area contributed by atoms with E-state index in [1.54, 1.807) is 13.8 Å². The molecule has 0 fully saturated rings. The van der Waals surface area contributed by atoms with Crippen LogP contribution in [0, 0.1) is 6.92 Å². The third kappa shape index (κ3) is 4.19. The summed E-state index contributed by atoms with van der Waals surface area (Å²) >= 11 is 1.24. The molecule has 7 heteroatoms. The summed E-state index contributed by atoms with van der Waals surface area (Å²) in [5.74, 6) is -1.23. The lowest BCUT2D eigenvalue weighted by Crippen LogP contribution is -2.32. The Labute approximate surface area is 122 Å². The molecular formula is C13H20N2O4S. The van der Waals surface area contributed by atoms with Gasteiger partial charge in [-0.05, 0) is 27.7 Å². The Hall–Kier alpha value is -1.63. The molecule has 0 radical (unpaired) electrons. The minimum atomic E-state index is -0.852. The molecule has 0 aliphatic carbocycles. The summed E-state index contributed by atoms with van der Waals surface area (Å²) in [4.78, 5) is 29.2. The fourth-order valence-electron chi connectivity index (χ4n) is 1.68. The third-order valence-electron chi connectivity index (χ3n) is 2.68. The van der Waals surface area contributed by atoms with Crippen LogP contribution in [0.4, 0.5) is 5.13 Å². The van der Waals surface area contributed by atoms with Crippen molar-refractivity contribution >= 4 is 28.4 Å². The van der Waals surface area contributed by atoms with E-state index in [0.717, 1.165) is 0 Å². The van der Waals surface area contributed by atoms with Gasteiger partial charge >= 0.3 is 11.9 Å². The van der Waals surface area contributed by atoms with E-state index < -0.39 is 5.97 Å². The second-order valence-corrected chi connectivity index (χ2v) is 5.54. The van der Waals surface area contributed by atoms with Gasteiger partial charge in [-0.1, -0.05) is 11.3 Å². The predicted octanol–water partition coefficient (Wildman–Crippen LogP) is 2.32. The van der Waals surface area contributed by atoms with Crippen molar-refractivity contribution in [3.8, 4) is 0 Å². The number of carbonyl (C=O) groups excluding carboxylic acids is 1. The average molecular weight is 300 g/mol. The van der Waals surface area contributed by atoms with Gasteiger partial charge in [-0.25, -0.2) is 9.78 Å². The highest BCUT2D eigenvalue weighted by Gasteiger charge is 2.21. The molecule has 0 saturated carbocycles. The first-order valence-electron chi connectivity index (χ1n) is 6.49. The van der Waals surface area contributed by atoms with Crippen LogP contribution in [0.3, 0.4) is 0 Å². The van der Waals surface area contributed by atoms with Crippen molar-refractivity contribution < 1.29 is 19.4 Å². The Bertz CT molecular complexity index is 485. The van der Waals surface area contributed by atoms with E-state index in [1.165, 1.54) is 11.3 Å². The average Bonchev–Trinajstić information content (AvgIpc) is 2.71. The monoisotopic (exact) mass is 300 g/mol. The zero-order chi connectivity index (χ0) is 15.3. The van der Waals surface area contributed by atoms with Gasteiger partial charge in [0.2, 0.25) is 0 Å². The normalized spacial score (nSPS) is 10.7. The van der Waals surface area contributed by atoms with E-state index in [4.69, 9.17) is 9.84 Å². The standard InChI is InChI=1S/C13H20N2O4S/c1-5-19-12(18)11-9(4)14-13(20-11)15(8(2)3)7-6-10(16)17/h8H,5-7H2,1-4H3,(H,16,17). The molecule has 1 rings (SSSR count). The van der Waals surface area contributed by atoms with Gasteiger partial charge in [0.25, 0.3) is 0 Å². The molecule has 0 spiro atoms. The number of carbonyl (C=O) groups is 2. The summed E-state index contributed by atoms with van der Waals surface area (Å²) in [6, 6.07) is 0.106. The van der Waals surface area contributed by atoms with E-state index >= 15 is 0 Å². The topological polar surface area (TPSA) is 79.7 Å². The number of aromatic nitrogens is 1. The number of aryl methyl sites for hydroxylation is 1. The molecule has 1 heterocycles. The van der Waals surface area contributed by atoms with E-state index in [1.807, 2.05) is 18.7 Å². The van der Waals surface area contributed by atoms with E-state index in [-0.39, 0.29) is 18.4 Å². The van der Waals surface area contributed by atoms with Gasteiger partial charge in [0.1, 0.15) is 4.88 Å². The zero-order valence-corrected chi connectivity index (χ0v) is 13.0. The number of nitrogens with zero attached hydrogens (tertiary/aromatic N) is 2. The van der Waals surface area contributed by atoms with Gasteiger partial charge in [0, 0.05) is 12.6 Å². The Balaban J connectivity index is 2.95. The van der Waals surface area contributed by atoms with Crippen molar-refractivity contribution in [2.24, 2.45) is 0 Å². The molecule has 0 aliphatic heterocycles. The van der Waals surface area contributed by atoms with E-state index in [0.29, 0.717) is 28.9 Å². The lowest BCUT2D eigenvalue weighted by atomic mass is 10.3. The quantitative estimate of drug-likeness (QED) is 0.778. The minimum Gasteiger partial charge on any atom is -0.481 e. The highest BCUT2D eigenvalue weighted by Crippen LogP contribution is 2.28. The molecule has 112 valence electrons. The number of esters is 1. The molecule has 0 saturated heterocycles. The zero-order valence-electron chi connectivity index (χ0n) is 12.2. The predicted molar refractivity (Wildman–Crippen MR) is 77.5 cm³/mol. The van der Waals surface area contributed by atoms with Crippen LogP contribution in [0.15, 0.2) is 0 Å². The molecule has 6 nitrogen and oxygen atoms in total. The number of carboxylic acid groups (broad SMARTS) is 1. The van der Waals surface area contributed by atoms with Crippen LogP contribution >= 0.6 is 11.3 Å². The first-order valence-corrected chi connectivity index (χ1v) is 7.31. The Morgan fingerprint density at radius 2 is 2.10 bits per heavy atom. The lowest BCUT2D eigenvalue weighted by Gasteiger charge is -2.25. The van der Waals surface area contributed by atoms with Crippen molar-refractivity contribution in [2.75, 3.05) is 18.1 Å². The Morgan fingerprint density at radius 1 is 1.45 bits per heavy atom. The summed E-state index contributed by atoms with van der Waals surface area (Å²) in [5, 5.41) is 9.45. The third-order valence-corrected chi connectivity index (χ3v) is 3.86. The second kappa shape index (κ2) is 7.23. The van der Waals surface area contributed by atoms with Gasteiger partial charge < -0.3 is 14.7 Å². The van der Waals surface area contributed by atoms with Crippen LogP contribution in [-0.4, -0.2) is 41.2 Å². The fraction of sp³-hybridized carbons (Fsp3) is 0.615. The largest absolute Gasteiger partial charge is 0.481 e. The maximum Gasteiger partial charge on any atom is 0.350 e. The Kier molecular flexibility index (Phi) is 5.94. The molecule has 0 unspecified atom stereocenters. The van der Waals surface area contributed by atoms with Gasteiger partial charge in [0.05, 0.1) is 18.7 Å². The van der Waals surface area contributed by atoms with E-state index in [9.17, 15) is 9.59 Å². The van der Waals surface area contributed by atoms with E-state index in [2.05, 4.69) is 4.98 Å². The summed E-state index contributed by atoms with van der Waals surface area (Å²) in [5.41, 5.74) is 0.615. The van der Waals surface area contributed by atoms with Gasteiger partial charge in [-0.3, -0.25) is 4.79 Å². The van der Waals surface area contributed by atoms with Crippen LogP contribution in [0.2, 0.25) is 0 Å². The maximum absolute atomic E-state index is 11.8. The summed E-state index contributed by atoms with van der Waals surface area (Å²) < 4.78 is 4.98. The molecule has 1 aromatic heterocycles. The molecule has 0 aliphatic rings. The lowest BCUT2D eigenvalue weighted by molar-refractivity contribution is -0.136. The van der Waals surface area contributed by atoms with Crippen molar-refractivity contribution in [3.05, 3.63) is 10.6 Å². The Morgan fingerprint density at radius 3 is 2.60 bits per heavy atom. The number of thiazole rings is 1. The molecular weight excluding hydrogens is 280 g/mol. The first-order chi connectivity index (χ1) is 9.36. The van der Waals surface area contributed by atoms with Crippen LogP contribution in [0.1, 0.15) is 42.6 Å². The van der Waals surface area contributed by atoms with Crippen LogP contribution in [-0.2, 0) is 9.53 Å². The van der Waals surface area contributed by atoms with Gasteiger partial charge in [-0.2, -0.15) is 0 Å². The van der Waals surface area contributed by atoms with Crippen LogP contribution in [0.25, 0.3) is 0 Å². The van der Waals surface area contributed by atoms with Crippen molar-refractivity contribution in [1.29, 1.82) is 0 Å². The van der Waals surface area contributed by atoms with Crippen molar-refractivity contribution in [3.63, 3.8) is 0 Å². The van der Waals surface area contributed by atoms with Gasteiger partial charge in [-0.15, -0.1) is 0 Å². The highest BCUT2D eigenvalue weighted by atomic mass is 32.1.